The number of methoxy groups -OCH3 is 1. The fraction of sp³-hybridized carbons (Fsp3) is 1.00. The molecular weight excluding hydrogens is 206 g/mol. The predicted molar refractivity (Wildman–Crippen MR) is 70.8 cm³/mol. The van der Waals surface area contributed by atoms with Gasteiger partial charge in [-0.1, -0.05) is 20.8 Å². The van der Waals surface area contributed by atoms with Gasteiger partial charge in [-0.3, -0.25) is 0 Å². The Morgan fingerprint density at radius 3 is 2.13 bits per heavy atom. The largest absolute Gasteiger partial charge is 0.377 e. The van der Waals surface area contributed by atoms with Crippen molar-refractivity contribution < 1.29 is 4.74 Å². The van der Waals surface area contributed by atoms with Gasteiger partial charge in [0.15, 0.2) is 0 Å². The van der Waals surface area contributed by atoms with E-state index in [4.69, 9.17) is 4.74 Å². The van der Waals surface area contributed by atoms with E-state index in [-0.39, 0.29) is 5.60 Å². The zero-order valence-corrected chi connectivity index (χ0v) is 12.1. The number of nitrogens with one attached hydrogen (secondary N) is 1. The lowest BCUT2D eigenvalue weighted by Gasteiger charge is -2.27. The maximum Gasteiger partial charge on any atom is 0.0746 e. The smallest absolute Gasteiger partial charge is 0.0746 e. The molecule has 1 unspecified atom stereocenters. The summed E-state index contributed by atoms with van der Waals surface area (Å²) in [5, 5.41) is 3.50. The zero-order chi connectivity index (χ0) is 12.1. The summed E-state index contributed by atoms with van der Waals surface area (Å²) in [5.41, 5.74) is -0.0688. The average Bonchev–Trinajstić information content (AvgIpc) is 2.10. The molecule has 0 radical (unpaired) electrons. The molecule has 0 bridgehead atoms. The Bertz CT molecular complexity index is 175. The van der Waals surface area contributed by atoms with Crippen LogP contribution in [0.2, 0.25) is 0 Å². The second-order valence-corrected chi connectivity index (χ2v) is 7.52. The molecule has 2 nitrogen and oxygen atoms in total. The molecule has 0 heterocycles. The second-order valence-electron chi connectivity index (χ2n) is 5.67. The molecule has 0 aromatic rings. The van der Waals surface area contributed by atoms with E-state index in [1.165, 1.54) is 0 Å². The second kappa shape index (κ2) is 6.12. The van der Waals surface area contributed by atoms with Crippen molar-refractivity contribution in [3.8, 4) is 0 Å². The van der Waals surface area contributed by atoms with Crippen molar-refractivity contribution in [2.45, 2.75) is 57.9 Å². The van der Waals surface area contributed by atoms with Gasteiger partial charge in [-0.05, 0) is 20.8 Å². The molecule has 0 saturated carbocycles. The molecule has 1 N–H and O–H groups in total. The van der Waals surface area contributed by atoms with Gasteiger partial charge in [0, 0.05) is 30.2 Å². The monoisotopic (exact) mass is 233 g/mol. The number of hydrogen-bond acceptors (Lipinski definition) is 3. The van der Waals surface area contributed by atoms with Crippen LogP contribution in [-0.4, -0.2) is 35.8 Å². The molecule has 3 heteroatoms. The molecule has 0 spiro atoms. The van der Waals surface area contributed by atoms with Crippen LogP contribution in [-0.2, 0) is 4.74 Å². The first-order valence-electron chi connectivity index (χ1n) is 5.59. The van der Waals surface area contributed by atoms with E-state index in [0.717, 1.165) is 12.3 Å². The SMILES string of the molecule is COC(C)(C)CNC(C)CSC(C)(C)C. The van der Waals surface area contributed by atoms with Crippen LogP contribution in [0, 0.1) is 0 Å². The summed E-state index contributed by atoms with van der Waals surface area (Å²) in [5.74, 6) is 1.14. The molecule has 0 aliphatic heterocycles. The van der Waals surface area contributed by atoms with Crippen molar-refractivity contribution >= 4 is 11.8 Å². The van der Waals surface area contributed by atoms with Crippen molar-refractivity contribution in [1.82, 2.24) is 5.32 Å². The molecule has 0 aliphatic carbocycles. The molecule has 0 aromatic carbocycles. The van der Waals surface area contributed by atoms with Gasteiger partial charge in [-0.15, -0.1) is 0 Å². The quantitative estimate of drug-likeness (QED) is 0.762. The van der Waals surface area contributed by atoms with Gasteiger partial charge in [0.05, 0.1) is 5.60 Å². The van der Waals surface area contributed by atoms with Crippen molar-refractivity contribution in [3.63, 3.8) is 0 Å². The highest BCUT2D eigenvalue weighted by Gasteiger charge is 2.18. The Kier molecular flexibility index (Phi) is 6.23. The van der Waals surface area contributed by atoms with Gasteiger partial charge < -0.3 is 10.1 Å². The summed E-state index contributed by atoms with van der Waals surface area (Å²) in [4.78, 5) is 0. The Labute approximate surface area is 99.5 Å². The summed E-state index contributed by atoms with van der Waals surface area (Å²) < 4.78 is 5.72. The van der Waals surface area contributed by atoms with E-state index in [0.29, 0.717) is 10.8 Å². The molecule has 0 aliphatic rings. The zero-order valence-electron chi connectivity index (χ0n) is 11.3. The van der Waals surface area contributed by atoms with Crippen LogP contribution in [0.4, 0.5) is 0 Å². The van der Waals surface area contributed by atoms with E-state index in [9.17, 15) is 0 Å². The van der Waals surface area contributed by atoms with Crippen molar-refractivity contribution in [3.05, 3.63) is 0 Å². The summed E-state index contributed by atoms with van der Waals surface area (Å²) in [6.45, 7) is 14.1. The van der Waals surface area contributed by atoms with Crippen molar-refractivity contribution in [2.75, 3.05) is 19.4 Å². The molecule has 92 valence electrons. The molecule has 0 amide bonds. The highest BCUT2D eigenvalue weighted by atomic mass is 32.2. The van der Waals surface area contributed by atoms with Crippen LogP contribution >= 0.6 is 11.8 Å². The number of hydrogen-bond donors (Lipinski definition) is 1. The first kappa shape index (κ1) is 15.3. The minimum absolute atomic E-state index is 0.0688. The third-order valence-electron chi connectivity index (χ3n) is 2.20. The molecule has 1 atom stereocenters. The maximum atomic E-state index is 5.36. The van der Waals surface area contributed by atoms with Gasteiger partial charge in [0.25, 0.3) is 0 Å². The Hall–Kier alpha value is 0.270. The first-order chi connectivity index (χ1) is 6.66. The lowest BCUT2D eigenvalue weighted by atomic mass is 10.1. The van der Waals surface area contributed by atoms with Crippen LogP contribution < -0.4 is 5.32 Å². The summed E-state index contributed by atoms with van der Waals surface area (Å²) in [6, 6.07) is 0.531. The van der Waals surface area contributed by atoms with Crippen LogP contribution in [0.3, 0.4) is 0 Å². The Morgan fingerprint density at radius 2 is 1.73 bits per heavy atom. The van der Waals surface area contributed by atoms with Gasteiger partial charge in [0.1, 0.15) is 0 Å². The molecule has 0 aromatic heterocycles. The highest BCUT2D eigenvalue weighted by Crippen LogP contribution is 2.23. The minimum Gasteiger partial charge on any atom is -0.377 e. The first-order valence-corrected chi connectivity index (χ1v) is 6.57. The summed E-state index contributed by atoms with van der Waals surface area (Å²) in [6.07, 6.45) is 0. The lowest BCUT2D eigenvalue weighted by molar-refractivity contribution is 0.0219. The Morgan fingerprint density at radius 1 is 1.20 bits per heavy atom. The van der Waals surface area contributed by atoms with Crippen LogP contribution in [0.1, 0.15) is 41.5 Å². The number of ether oxygens (including phenoxy) is 1. The molecule has 0 rings (SSSR count). The van der Waals surface area contributed by atoms with Crippen LogP contribution in [0.15, 0.2) is 0 Å². The van der Waals surface area contributed by atoms with E-state index >= 15 is 0 Å². The van der Waals surface area contributed by atoms with E-state index in [2.05, 4.69) is 46.9 Å². The van der Waals surface area contributed by atoms with Crippen molar-refractivity contribution in [2.24, 2.45) is 0 Å². The van der Waals surface area contributed by atoms with Gasteiger partial charge in [0.2, 0.25) is 0 Å². The lowest BCUT2D eigenvalue weighted by Crippen LogP contribution is -2.42. The van der Waals surface area contributed by atoms with E-state index in [1.54, 1.807) is 7.11 Å². The highest BCUT2D eigenvalue weighted by molar-refractivity contribution is 8.00. The summed E-state index contributed by atoms with van der Waals surface area (Å²) >= 11 is 2.00. The number of thioether (sulfide) groups is 1. The molecular formula is C12H27NOS. The average molecular weight is 233 g/mol. The topological polar surface area (TPSA) is 21.3 Å². The third kappa shape index (κ3) is 9.21. The molecule has 0 fully saturated rings. The third-order valence-corrected chi connectivity index (χ3v) is 3.73. The maximum absolute atomic E-state index is 5.36. The minimum atomic E-state index is -0.0688. The molecule has 15 heavy (non-hydrogen) atoms. The van der Waals surface area contributed by atoms with E-state index in [1.807, 2.05) is 11.8 Å². The van der Waals surface area contributed by atoms with Gasteiger partial charge >= 0.3 is 0 Å². The van der Waals surface area contributed by atoms with Crippen molar-refractivity contribution in [1.29, 1.82) is 0 Å². The van der Waals surface area contributed by atoms with Crippen LogP contribution in [0.25, 0.3) is 0 Å². The van der Waals surface area contributed by atoms with Crippen LogP contribution in [0.5, 0.6) is 0 Å². The predicted octanol–water partition coefficient (Wildman–Crippen LogP) is 2.92. The fourth-order valence-electron chi connectivity index (χ4n) is 0.926. The van der Waals surface area contributed by atoms with Gasteiger partial charge in [-0.2, -0.15) is 11.8 Å². The number of rotatable bonds is 6. The Balaban J connectivity index is 3.71. The van der Waals surface area contributed by atoms with Gasteiger partial charge in [-0.25, -0.2) is 0 Å². The summed E-state index contributed by atoms with van der Waals surface area (Å²) in [7, 11) is 1.76. The normalized spacial score (nSPS) is 15.4. The fourth-order valence-corrected chi connectivity index (χ4v) is 1.79. The molecule has 0 saturated heterocycles. The van der Waals surface area contributed by atoms with E-state index < -0.39 is 0 Å². The standard InChI is InChI=1S/C12H27NOS/c1-10(8-15-11(2,3)4)13-9-12(5,6)14-7/h10,13H,8-9H2,1-7H3.